The van der Waals surface area contributed by atoms with Crippen molar-refractivity contribution >= 4 is 11.6 Å². The topological polar surface area (TPSA) is 29.5 Å². The van der Waals surface area contributed by atoms with Crippen LogP contribution in [0.5, 0.6) is 11.5 Å². The van der Waals surface area contributed by atoms with Gasteiger partial charge in [0, 0.05) is 5.56 Å². The van der Waals surface area contributed by atoms with Crippen molar-refractivity contribution in [2.75, 3.05) is 0 Å². The highest BCUT2D eigenvalue weighted by Gasteiger charge is 2.11. The van der Waals surface area contributed by atoms with Crippen molar-refractivity contribution in [3.63, 3.8) is 0 Å². The molecule has 0 fully saturated rings. The fraction of sp³-hybridized carbons (Fsp3) is 0.294. The van der Waals surface area contributed by atoms with Gasteiger partial charge in [0.15, 0.2) is 5.75 Å². The molecule has 0 atom stereocenters. The van der Waals surface area contributed by atoms with Crippen LogP contribution in [0, 0.1) is 6.92 Å². The number of rotatable bonds is 4. The van der Waals surface area contributed by atoms with Gasteiger partial charge in [0.05, 0.1) is 11.6 Å². The van der Waals surface area contributed by atoms with Crippen LogP contribution in [-0.2, 0) is 6.61 Å². The second-order valence-electron chi connectivity index (χ2n) is 5.17. The first-order chi connectivity index (χ1) is 9.52. The number of aliphatic hydroxyl groups is 1. The molecule has 2 aromatic rings. The van der Waals surface area contributed by atoms with Gasteiger partial charge in [0.1, 0.15) is 5.75 Å². The van der Waals surface area contributed by atoms with E-state index in [0.717, 1.165) is 11.3 Å². The lowest BCUT2D eigenvalue weighted by atomic mass is 10.0. The first-order valence-corrected chi connectivity index (χ1v) is 7.07. The number of ether oxygens (including phenoxy) is 1. The van der Waals surface area contributed by atoms with Crippen LogP contribution in [0.3, 0.4) is 0 Å². The van der Waals surface area contributed by atoms with Crippen LogP contribution in [0.1, 0.15) is 36.5 Å². The Morgan fingerprint density at radius 3 is 2.60 bits per heavy atom. The summed E-state index contributed by atoms with van der Waals surface area (Å²) < 4.78 is 5.96. The van der Waals surface area contributed by atoms with Gasteiger partial charge in [-0.3, -0.25) is 0 Å². The van der Waals surface area contributed by atoms with Gasteiger partial charge in [-0.15, -0.1) is 0 Å². The fourth-order valence-corrected chi connectivity index (χ4v) is 2.22. The van der Waals surface area contributed by atoms with E-state index in [2.05, 4.69) is 19.9 Å². The molecule has 0 amide bonds. The van der Waals surface area contributed by atoms with E-state index in [1.807, 2.05) is 25.1 Å². The first kappa shape index (κ1) is 14.9. The van der Waals surface area contributed by atoms with Gasteiger partial charge in [-0.05, 0) is 36.1 Å². The summed E-state index contributed by atoms with van der Waals surface area (Å²) in [5, 5.41) is 9.90. The molecular weight excluding hydrogens is 272 g/mol. The Labute approximate surface area is 125 Å². The SMILES string of the molecule is Cc1ccc(C(C)C)cc1Oc1c(Cl)cccc1CO. The number of aliphatic hydroxyl groups excluding tert-OH is 1. The third kappa shape index (κ3) is 3.14. The highest BCUT2D eigenvalue weighted by atomic mass is 35.5. The van der Waals surface area contributed by atoms with Gasteiger partial charge in [-0.25, -0.2) is 0 Å². The normalized spacial score (nSPS) is 10.9. The Kier molecular flexibility index (Phi) is 4.69. The molecule has 0 saturated heterocycles. The summed E-state index contributed by atoms with van der Waals surface area (Å²) in [7, 11) is 0. The van der Waals surface area contributed by atoms with E-state index < -0.39 is 0 Å². The largest absolute Gasteiger partial charge is 0.455 e. The molecule has 3 heteroatoms. The maximum Gasteiger partial charge on any atom is 0.151 e. The van der Waals surface area contributed by atoms with E-state index in [9.17, 15) is 5.11 Å². The minimum atomic E-state index is -0.0984. The Hall–Kier alpha value is -1.51. The lowest BCUT2D eigenvalue weighted by Crippen LogP contribution is -1.96. The van der Waals surface area contributed by atoms with Gasteiger partial charge in [-0.2, -0.15) is 0 Å². The summed E-state index contributed by atoms with van der Waals surface area (Å²) in [6.07, 6.45) is 0. The predicted octanol–water partition coefficient (Wildman–Crippen LogP) is 5.06. The van der Waals surface area contributed by atoms with Crippen LogP contribution < -0.4 is 4.74 Å². The van der Waals surface area contributed by atoms with Gasteiger partial charge >= 0.3 is 0 Å². The lowest BCUT2D eigenvalue weighted by Gasteiger charge is -2.15. The van der Waals surface area contributed by atoms with Crippen molar-refractivity contribution in [3.8, 4) is 11.5 Å². The molecule has 1 N–H and O–H groups in total. The fourth-order valence-electron chi connectivity index (χ4n) is 1.99. The summed E-state index contributed by atoms with van der Waals surface area (Å²) in [6, 6.07) is 11.6. The first-order valence-electron chi connectivity index (χ1n) is 6.69. The molecule has 0 unspecified atom stereocenters. The standard InChI is InChI=1S/C17H19ClO2/c1-11(2)13-8-7-12(3)16(9-13)20-17-14(10-19)5-4-6-15(17)18/h4-9,11,19H,10H2,1-3H3. The van der Waals surface area contributed by atoms with Crippen LogP contribution in [0.4, 0.5) is 0 Å². The summed E-state index contributed by atoms with van der Waals surface area (Å²) >= 11 is 6.18. The minimum Gasteiger partial charge on any atom is -0.455 e. The summed E-state index contributed by atoms with van der Waals surface area (Å²) in [5.74, 6) is 1.74. The van der Waals surface area contributed by atoms with E-state index in [0.29, 0.717) is 22.3 Å². The average Bonchev–Trinajstić information content (AvgIpc) is 2.42. The molecule has 0 bridgehead atoms. The molecule has 0 spiro atoms. The van der Waals surface area contributed by atoms with E-state index in [1.165, 1.54) is 5.56 Å². The molecule has 2 aromatic carbocycles. The Bertz CT molecular complexity index is 606. The number of benzene rings is 2. The molecule has 2 nitrogen and oxygen atoms in total. The van der Waals surface area contributed by atoms with Crippen LogP contribution in [0.2, 0.25) is 5.02 Å². The van der Waals surface area contributed by atoms with Crippen molar-refractivity contribution in [2.24, 2.45) is 0 Å². The van der Waals surface area contributed by atoms with Gasteiger partial charge in [0.2, 0.25) is 0 Å². The number of aryl methyl sites for hydroxylation is 1. The van der Waals surface area contributed by atoms with Crippen molar-refractivity contribution in [2.45, 2.75) is 33.3 Å². The molecule has 0 aromatic heterocycles. The maximum atomic E-state index is 9.39. The zero-order valence-corrected chi connectivity index (χ0v) is 12.7. The highest BCUT2D eigenvalue weighted by molar-refractivity contribution is 6.32. The van der Waals surface area contributed by atoms with Crippen LogP contribution in [0.25, 0.3) is 0 Å². The van der Waals surface area contributed by atoms with Crippen LogP contribution in [-0.4, -0.2) is 5.11 Å². The monoisotopic (exact) mass is 290 g/mol. The third-order valence-electron chi connectivity index (χ3n) is 3.31. The summed E-state index contributed by atoms with van der Waals surface area (Å²) in [5.41, 5.74) is 2.94. The van der Waals surface area contributed by atoms with Crippen LogP contribution in [0.15, 0.2) is 36.4 Å². The number of hydrogen-bond donors (Lipinski definition) is 1. The second-order valence-corrected chi connectivity index (χ2v) is 5.58. The molecule has 0 saturated carbocycles. The Balaban J connectivity index is 2.42. The Morgan fingerprint density at radius 1 is 1.20 bits per heavy atom. The molecule has 0 aliphatic heterocycles. The molecule has 0 aliphatic carbocycles. The van der Waals surface area contributed by atoms with Crippen molar-refractivity contribution in [3.05, 3.63) is 58.1 Å². The zero-order chi connectivity index (χ0) is 14.7. The van der Waals surface area contributed by atoms with E-state index >= 15 is 0 Å². The van der Waals surface area contributed by atoms with Crippen molar-refractivity contribution < 1.29 is 9.84 Å². The zero-order valence-electron chi connectivity index (χ0n) is 12.0. The van der Waals surface area contributed by atoms with E-state index in [-0.39, 0.29) is 6.61 Å². The van der Waals surface area contributed by atoms with E-state index in [1.54, 1.807) is 12.1 Å². The maximum absolute atomic E-state index is 9.39. The van der Waals surface area contributed by atoms with Crippen molar-refractivity contribution in [1.82, 2.24) is 0 Å². The summed E-state index contributed by atoms with van der Waals surface area (Å²) in [6.45, 7) is 6.18. The number of hydrogen-bond acceptors (Lipinski definition) is 2. The molecule has 0 heterocycles. The van der Waals surface area contributed by atoms with Gasteiger partial charge < -0.3 is 9.84 Å². The molecule has 106 valence electrons. The average molecular weight is 291 g/mol. The van der Waals surface area contributed by atoms with Crippen LogP contribution >= 0.6 is 11.6 Å². The smallest absolute Gasteiger partial charge is 0.151 e. The molecular formula is C17H19ClO2. The quantitative estimate of drug-likeness (QED) is 0.853. The third-order valence-corrected chi connectivity index (χ3v) is 3.61. The molecule has 20 heavy (non-hydrogen) atoms. The Morgan fingerprint density at radius 2 is 1.95 bits per heavy atom. The van der Waals surface area contributed by atoms with E-state index in [4.69, 9.17) is 16.3 Å². The highest BCUT2D eigenvalue weighted by Crippen LogP contribution is 2.35. The van der Waals surface area contributed by atoms with Gasteiger partial charge in [0.25, 0.3) is 0 Å². The molecule has 2 rings (SSSR count). The second kappa shape index (κ2) is 6.29. The van der Waals surface area contributed by atoms with Gasteiger partial charge in [-0.1, -0.05) is 49.7 Å². The molecule has 0 aliphatic rings. The number of para-hydroxylation sites is 1. The minimum absolute atomic E-state index is 0.0984. The predicted molar refractivity (Wildman–Crippen MR) is 82.7 cm³/mol. The number of halogens is 1. The molecule has 0 radical (unpaired) electrons. The summed E-state index contributed by atoms with van der Waals surface area (Å²) in [4.78, 5) is 0. The van der Waals surface area contributed by atoms with Crippen molar-refractivity contribution in [1.29, 1.82) is 0 Å². The lowest BCUT2D eigenvalue weighted by molar-refractivity contribution is 0.276.